The molecule has 3 rings (SSSR count). The molecule has 3 heteroatoms. The summed E-state index contributed by atoms with van der Waals surface area (Å²) in [5, 5.41) is 4.33. The minimum atomic E-state index is 0.220. The molecule has 2 aliphatic rings. The van der Waals surface area contributed by atoms with E-state index in [2.05, 4.69) is 35.9 Å². The van der Waals surface area contributed by atoms with Gasteiger partial charge in [0.2, 0.25) is 0 Å². The second kappa shape index (κ2) is 3.38. The van der Waals surface area contributed by atoms with Crippen LogP contribution in [0.1, 0.15) is 31.5 Å². The highest BCUT2D eigenvalue weighted by Gasteiger charge is 2.32. The van der Waals surface area contributed by atoms with Crippen LogP contribution in [-0.4, -0.2) is 17.7 Å². The lowest BCUT2D eigenvalue weighted by Crippen LogP contribution is -2.23. The minimum absolute atomic E-state index is 0.220. The first-order valence-electron chi connectivity index (χ1n) is 5.89. The first-order chi connectivity index (χ1) is 7.59. The van der Waals surface area contributed by atoms with Crippen LogP contribution < -0.4 is 5.32 Å². The van der Waals surface area contributed by atoms with Gasteiger partial charge in [-0.1, -0.05) is 31.5 Å². The topological polar surface area (TPSA) is 17.0 Å². The van der Waals surface area contributed by atoms with Gasteiger partial charge in [0, 0.05) is 25.3 Å². The molecule has 0 saturated carbocycles. The zero-order chi connectivity index (χ0) is 11.3. The van der Waals surface area contributed by atoms with Crippen LogP contribution in [-0.2, 0) is 12.0 Å². The molecule has 0 fully saturated rings. The Balaban J connectivity index is 2.26. The van der Waals surface area contributed by atoms with Gasteiger partial charge in [0.25, 0.3) is 0 Å². The predicted octanol–water partition coefficient (Wildman–Crippen LogP) is 2.81. The first kappa shape index (κ1) is 10.4. The third-order valence-corrected chi connectivity index (χ3v) is 4.08. The lowest BCUT2D eigenvalue weighted by Gasteiger charge is -2.29. The zero-order valence-corrected chi connectivity index (χ0v) is 10.6. The summed E-state index contributed by atoms with van der Waals surface area (Å²) in [6.45, 7) is 7.54. The highest BCUT2D eigenvalue weighted by molar-refractivity contribution is 6.30. The number of hydrogen-bond acceptors (Lipinski definition) is 1. The molecular formula is C13H17ClN2. The molecule has 1 aliphatic carbocycles. The number of rotatable bonds is 0. The van der Waals surface area contributed by atoms with Crippen LogP contribution in [0.2, 0.25) is 5.15 Å². The average molecular weight is 237 g/mol. The maximum Gasteiger partial charge on any atom is 0.109 e. The van der Waals surface area contributed by atoms with Crippen LogP contribution in [0.15, 0.2) is 12.1 Å². The third kappa shape index (κ3) is 1.36. The van der Waals surface area contributed by atoms with E-state index in [0.717, 1.165) is 31.2 Å². The Morgan fingerprint density at radius 3 is 3.06 bits per heavy atom. The quantitative estimate of drug-likeness (QED) is 0.733. The van der Waals surface area contributed by atoms with Gasteiger partial charge in [-0.25, -0.2) is 0 Å². The van der Waals surface area contributed by atoms with Gasteiger partial charge in [0.15, 0.2) is 0 Å². The molecule has 1 N–H and O–H groups in total. The third-order valence-electron chi connectivity index (χ3n) is 3.77. The van der Waals surface area contributed by atoms with E-state index in [1.165, 1.54) is 16.8 Å². The molecule has 86 valence electrons. The van der Waals surface area contributed by atoms with E-state index in [-0.39, 0.29) is 5.41 Å². The second-order valence-electron chi connectivity index (χ2n) is 5.38. The fourth-order valence-corrected chi connectivity index (χ4v) is 3.03. The molecule has 0 atom stereocenters. The van der Waals surface area contributed by atoms with Crippen molar-refractivity contribution < 1.29 is 0 Å². The Labute approximate surface area is 101 Å². The summed E-state index contributed by atoms with van der Waals surface area (Å²) >= 11 is 6.34. The van der Waals surface area contributed by atoms with Crippen LogP contribution in [0.3, 0.4) is 0 Å². The predicted molar refractivity (Wildman–Crippen MR) is 67.9 cm³/mol. The van der Waals surface area contributed by atoms with E-state index in [4.69, 9.17) is 11.6 Å². The van der Waals surface area contributed by atoms with Gasteiger partial charge in [-0.15, -0.1) is 0 Å². The second-order valence-corrected chi connectivity index (χ2v) is 5.76. The zero-order valence-electron chi connectivity index (χ0n) is 9.81. The molecule has 1 aliphatic heterocycles. The molecule has 2 heterocycles. The van der Waals surface area contributed by atoms with Crippen molar-refractivity contribution in [3.05, 3.63) is 28.6 Å². The molecular weight excluding hydrogens is 220 g/mol. The van der Waals surface area contributed by atoms with Gasteiger partial charge < -0.3 is 9.88 Å². The molecule has 16 heavy (non-hydrogen) atoms. The SMILES string of the molecule is CC1(C)CC=C2CNCCn3c(Cl)cc1c32. The maximum absolute atomic E-state index is 6.34. The van der Waals surface area contributed by atoms with Gasteiger partial charge in [-0.3, -0.25) is 0 Å². The fraction of sp³-hybridized carbons (Fsp3) is 0.538. The number of nitrogens with one attached hydrogen (secondary N) is 1. The number of nitrogens with zero attached hydrogens (tertiary/aromatic N) is 1. The Hall–Kier alpha value is -0.730. The van der Waals surface area contributed by atoms with Crippen molar-refractivity contribution in [3.63, 3.8) is 0 Å². The number of aromatic nitrogens is 1. The lowest BCUT2D eigenvalue weighted by atomic mass is 9.76. The molecule has 2 nitrogen and oxygen atoms in total. The maximum atomic E-state index is 6.34. The van der Waals surface area contributed by atoms with Crippen molar-refractivity contribution >= 4 is 17.2 Å². The standard InChI is InChI=1S/C13H17ClN2/c1-13(2)4-3-9-8-15-5-6-16-11(14)7-10(13)12(9)16/h3,7,15H,4-6,8H2,1-2H3. The summed E-state index contributed by atoms with van der Waals surface area (Å²) in [6.07, 6.45) is 3.48. The van der Waals surface area contributed by atoms with E-state index in [9.17, 15) is 0 Å². The lowest BCUT2D eigenvalue weighted by molar-refractivity contribution is 0.524. The molecule has 1 aromatic heterocycles. The Kier molecular flexibility index (Phi) is 2.20. The summed E-state index contributed by atoms with van der Waals surface area (Å²) in [4.78, 5) is 0. The molecule has 0 radical (unpaired) electrons. The largest absolute Gasteiger partial charge is 0.330 e. The smallest absolute Gasteiger partial charge is 0.109 e. The van der Waals surface area contributed by atoms with Crippen LogP contribution in [0.5, 0.6) is 0 Å². The van der Waals surface area contributed by atoms with Crippen molar-refractivity contribution in [1.82, 2.24) is 9.88 Å². The van der Waals surface area contributed by atoms with E-state index in [0.29, 0.717) is 0 Å². The van der Waals surface area contributed by atoms with E-state index in [1.54, 1.807) is 0 Å². The van der Waals surface area contributed by atoms with Crippen molar-refractivity contribution in [1.29, 1.82) is 0 Å². The molecule has 0 saturated heterocycles. The summed E-state index contributed by atoms with van der Waals surface area (Å²) < 4.78 is 2.25. The number of hydrogen-bond donors (Lipinski definition) is 1. The molecule has 0 spiro atoms. The van der Waals surface area contributed by atoms with Gasteiger partial charge in [0.05, 0.1) is 0 Å². The van der Waals surface area contributed by atoms with E-state index in [1.807, 2.05) is 0 Å². The van der Waals surface area contributed by atoms with Crippen LogP contribution in [0.4, 0.5) is 0 Å². The molecule has 0 amide bonds. The number of halogens is 1. The monoisotopic (exact) mass is 236 g/mol. The molecule has 0 aromatic carbocycles. The van der Waals surface area contributed by atoms with Gasteiger partial charge in [0.1, 0.15) is 5.15 Å². The molecule has 0 unspecified atom stereocenters. The van der Waals surface area contributed by atoms with Gasteiger partial charge >= 0.3 is 0 Å². The van der Waals surface area contributed by atoms with Gasteiger partial charge in [-0.2, -0.15) is 0 Å². The summed E-state index contributed by atoms with van der Waals surface area (Å²) in [7, 11) is 0. The van der Waals surface area contributed by atoms with Crippen LogP contribution in [0, 0.1) is 0 Å². The Bertz CT molecular complexity index is 469. The van der Waals surface area contributed by atoms with Crippen LogP contribution >= 0.6 is 11.6 Å². The Morgan fingerprint density at radius 1 is 1.44 bits per heavy atom. The highest BCUT2D eigenvalue weighted by atomic mass is 35.5. The first-order valence-corrected chi connectivity index (χ1v) is 6.27. The summed E-state index contributed by atoms with van der Waals surface area (Å²) in [5.74, 6) is 0. The minimum Gasteiger partial charge on any atom is -0.330 e. The highest BCUT2D eigenvalue weighted by Crippen LogP contribution is 2.42. The molecule has 1 aromatic rings. The van der Waals surface area contributed by atoms with Crippen molar-refractivity contribution in [3.8, 4) is 0 Å². The van der Waals surface area contributed by atoms with E-state index < -0.39 is 0 Å². The average Bonchev–Trinajstić information content (AvgIpc) is 2.46. The van der Waals surface area contributed by atoms with Crippen LogP contribution in [0.25, 0.3) is 5.57 Å². The number of allylic oxidation sites excluding steroid dienone is 1. The fourth-order valence-electron chi connectivity index (χ4n) is 2.75. The summed E-state index contributed by atoms with van der Waals surface area (Å²) in [5.41, 5.74) is 4.42. The van der Waals surface area contributed by atoms with Gasteiger partial charge in [-0.05, 0) is 29.0 Å². The van der Waals surface area contributed by atoms with E-state index >= 15 is 0 Å². The van der Waals surface area contributed by atoms with Crippen molar-refractivity contribution in [2.45, 2.75) is 32.2 Å². The summed E-state index contributed by atoms with van der Waals surface area (Å²) in [6, 6.07) is 2.16. The molecule has 0 bridgehead atoms. The van der Waals surface area contributed by atoms with Crippen molar-refractivity contribution in [2.75, 3.05) is 13.1 Å². The Morgan fingerprint density at radius 2 is 2.25 bits per heavy atom. The normalized spacial score (nSPS) is 22.3. The van der Waals surface area contributed by atoms with Crippen molar-refractivity contribution in [2.24, 2.45) is 0 Å².